The van der Waals surface area contributed by atoms with Crippen molar-refractivity contribution in [1.29, 1.82) is 0 Å². The van der Waals surface area contributed by atoms with Gasteiger partial charge >= 0.3 is 0 Å². The van der Waals surface area contributed by atoms with Gasteiger partial charge in [-0.2, -0.15) is 10.0 Å². The van der Waals surface area contributed by atoms with Crippen LogP contribution in [0.3, 0.4) is 0 Å². The second-order valence-electron chi connectivity index (χ2n) is 10.0. The molecule has 0 spiro atoms. The average Bonchev–Trinajstić information content (AvgIpc) is 3.43. The van der Waals surface area contributed by atoms with Gasteiger partial charge in [0.25, 0.3) is 0 Å². The lowest BCUT2D eigenvalue weighted by atomic mass is 10.2. The van der Waals surface area contributed by atoms with Gasteiger partial charge in [0.2, 0.25) is 0 Å². The Kier molecular flexibility index (Phi) is 8.98. The summed E-state index contributed by atoms with van der Waals surface area (Å²) in [4.78, 5) is 6.43. The van der Waals surface area contributed by atoms with E-state index in [4.69, 9.17) is 4.94 Å². The first-order valence-corrected chi connectivity index (χ1v) is 16.8. The van der Waals surface area contributed by atoms with E-state index in [0.29, 0.717) is 5.66 Å². The molecule has 5 heteroatoms. The molecule has 3 nitrogen and oxygen atoms in total. The number of benzene rings is 5. The molecule has 0 radical (unpaired) electrons. The van der Waals surface area contributed by atoms with Gasteiger partial charge in [0, 0.05) is 18.2 Å². The van der Waals surface area contributed by atoms with Crippen LogP contribution < -0.4 is 26.7 Å². The maximum Gasteiger partial charge on any atom is 0.0623 e. The van der Waals surface area contributed by atoms with Crippen molar-refractivity contribution in [2.45, 2.75) is 18.1 Å². The van der Waals surface area contributed by atoms with Crippen molar-refractivity contribution in [3.8, 4) is 0 Å². The number of hydroxylamine groups is 2. The first-order valence-electron chi connectivity index (χ1n) is 13.9. The standard InChI is InChI=1S/C35H34N2OP2/c1-6-16-29(17-7-1)36-38-37-27-35(40(33-22-12-4-13-23-33)34-24-14-5-15-25-34)26-30(37)28-39(31-18-8-2-9-19-31)32-20-10-3-11-21-32/h1-25,30,35-36H,26-28H2/t30-,35-/m1/s1. The molecule has 1 aliphatic rings. The fourth-order valence-electron chi connectivity index (χ4n) is 5.48. The maximum atomic E-state index is 6.43. The highest BCUT2D eigenvalue weighted by molar-refractivity contribution is 7.74. The lowest BCUT2D eigenvalue weighted by Gasteiger charge is -2.28. The molecule has 0 aromatic heterocycles. The summed E-state index contributed by atoms with van der Waals surface area (Å²) >= 11 is 0. The second-order valence-corrected chi connectivity index (χ2v) is 14.8. The van der Waals surface area contributed by atoms with Crippen molar-refractivity contribution in [2.24, 2.45) is 0 Å². The van der Waals surface area contributed by atoms with Crippen molar-refractivity contribution in [3.63, 3.8) is 0 Å². The maximum absolute atomic E-state index is 6.43. The van der Waals surface area contributed by atoms with E-state index in [0.717, 1.165) is 24.8 Å². The summed E-state index contributed by atoms with van der Waals surface area (Å²) in [5.41, 5.74) is 4.69. The summed E-state index contributed by atoms with van der Waals surface area (Å²) in [6.07, 6.45) is 2.13. The number of nitrogens with zero attached hydrogens (tertiary/aromatic N) is 1. The largest absolute Gasteiger partial charge is 0.248 e. The summed E-state index contributed by atoms with van der Waals surface area (Å²) in [5.74, 6) is 0. The lowest BCUT2D eigenvalue weighted by Crippen LogP contribution is -2.36. The van der Waals surface area contributed by atoms with E-state index in [-0.39, 0.29) is 6.04 Å². The van der Waals surface area contributed by atoms with Crippen molar-refractivity contribution in [2.75, 3.05) is 18.2 Å². The van der Waals surface area contributed by atoms with Crippen LogP contribution in [0.15, 0.2) is 152 Å². The van der Waals surface area contributed by atoms with Crippen LogP contribution in [0.2, 0.25) is 0 Å². The number of nitrogens with one attached hydrogen (secondary N) is 1. The summed E-state index contributed by atoms with van der Waals surface area (Å²) in [6.45, 7) is 0.882. The zero-order valence-corrected chi connectivity index (χ0v) is 24.2. The second kappa shape index (κ2) is 13.4. The zero-order chi connectivity index (χ0) is 27.0. The van der Waals surface area contributed by atoms with Gasteiger partial charge in [-0.1, -0.05) is 140 Å². The minimum atomic E-state index is -0.546. The molecule has 1 N–H and O–H groups in total. The molecule has 6 rings (SSSR count). The quantitative estimate of drug-likeness (QED) is 0.153. The molecule has 40 heavy (non-hydrogen) atoms. The molecule has 1 aliphatic heterocycles. The van der Waals surface area contributed by atoms with Gasteiger partial charge in [-0.25, -0.2) is 5.48 Å². The SMILES string of the molecule is c1ccc(NON2C[C@H](P(c3ccccc3)c3ccccc3)C[C@@H]2CP(c2ccccc2)c2ccccc2)cc1. The molecule has 0 aliphatic carbocycles. The Morgan fingerprint density at radius 3 is 1.48 bits per heavy atom. The molecular weight excluding hydrogens is 526 g/mol. The molecule has 1 fully saturated rings. The predicted molar refractivity (Wildman–Crippen MR) is 173 cm³/mol. The third-order valence-corrected chi connectivity index (χ3v) is 12.8. The third-order valence-electron chi connectivity index (χ3n) is 7.36. The molecule has 1 saturated heterocycles. The molecule has 0 amide bonds. The van der Waals surface area contributed by atoms with Crippen molar-refractivity contribution in [1.82, 2.24) is 5.06 Å². The fourth-order valence-corrected chi connectivity index (χ4v) is 10.9. The Balaban J connectivity index is 1.33. The fraction of sp³-hybridized carbons (Fsp3) is 0.143. The monoisotopic (exact) mass is 560 g/mol. The summed E-state index contributed by atoms with van der Waals surface area (Å²) in [5, 5.41) is 7.92. The lowest BCUT2D eigenvalue weighted by molar-refractivity contribution is -0.136. The number of rotatable bonds is 10. The third kappa shape index (κ3) is 6.52. The number of hydrogen-bond donors (Lipinski definition) is 1. The first-order chi connectivity index (χ1) is 19.8. The van der Waals surface area contributed by atoms with E-state index < -0.39 is 15.8 Å². The highest BCUT2D eigenvalue weighted by Gasteiger charge is 2.40. The minimum Gasteiger partial charge on any atom is -0.248 e. The van der Waals surface area contributed by atoms with Crippen LogP contribution in [0, 0.1) is 0 Å². The van der Waals surface area contributed by atoms with Crippen LogP contribution in [-0.2, 0) is 4.94 Å². The highest BCUT2D eigenvalue weighted by atomic mass is 31.1. The van der Waals surface area contributed by atoms with E-state index in [1.807, 2.05) is 30.3 Å². The van der Waals surface area contributed by atoms with E-state index in [2.05, 4.69) is 132 Å². The molecule has 2 atom stereocenters. The molecule has 200 valence electrons. The zero-order valence-electron chi connectivity index (χ0n) is 22.5. The molecule has 1 heterocycles. The Labute approximate surface area is 240 Å². The van der Waals surface area contributed by atoms with E-state index >= 15 is 0 Å². The Hall–Kier alpha value is -3.32. The summed E-state index contributed by atoms with van der Waals surface area (Å²) in [6, 6.07) is 54.7. The van der Waals surface area contributed by atoms with Crippen LogP contribution in [0.25, 0.3) is 0 Å². The van der Waals surface area contributed by atoms with Gasteiger partial charge < -0.3 is 0 Å². The van der Waals surface area contributed by atoms with Crippen LogP contribution in [0.4, 0.5) is 5.69 Å². The number of hydrogen-bond acceptors (Lipinski definition) is 3. The van der Waals surface area contributed by atoms with Crippen LogP contribution in [0.1, 0.15) is 6.42 Å². The smallest absolute Gasteiger partial charge is 0.0623 e. The van der Waals surface area contributed by atoms with Gasteiger partial charge in [-0.05, 0) is 61.8 Å². The van der Waals surface area contributed by atoms with Crippen LogP contribution in [-0.4, -0.2) is 29.5 Å². The average molecular weight is 561 g/mol. The minimum absolute atomic E-state index is 0.283. The first kappa shape index (κ1) is 26.9. The molecular formula is C35H34N2OP2. The van der Waals surface area contributed by atoms with E-state index in [1.165, 1.54) is 21.2 Å². The molecule has 0 saturated carbocycles. The van der Waals surface area contributed by atoms with E-state index in [1.54, 1.807) is 0 Å². The summed E-state index contributed by atoms with van der Waals surface area (Å²) < 4.78 is 0. The molecule has 0 bridgehead atoms. The molecule has 5 aromatic carbocycles. The highest BCUT2D eigenvalue weighted by Crippen LogP contribution is 2.48. The van der Waals surface area contributed by atoms with Gasteiger partial charge in [-0.15, -0.1) is 0 Å². The van der Waals surface area contributed by atoms with Crippen LogP contribution in [0.5, 0.6) is 0 Å². The Morgan fingerprint density at radius 1 is 0.575 bits per heavy atom. The van der Waals surface area contributed by atoms with Gasteiger partial charge in [0.05, 0.1) is 5.69 Å². The van der Waals surface area contributed by atoms with Gasteiger partial charge in [0.1, 0.15) is 0 Å². The predicted octanol–water partition coefficient (Wildman–Crippen LogP) is 6.65. The normalized spacial score (nSPS) is 17.4. The van der Waals surface area contributed by atoms with E-state index in [9.17, 15) is 0 Å². The Bertz CT molecular complexity index is 1360. The number of para-hydroxylation sites is 1. The van der Waals surface area contributed by atoms with Gasteiger partial charge in [-0.3, -0.25) is 0 Å². The topological polar surface area (TPSA) is 24.5 Å². The summed E-state index contributed by atoms with van der Waals surface area (Å²) in [7, 11) is -1.09. The van der Waals surface area contributed by atoms with Crippen molar-refractivity contribution in [3.05, 3.63) is 152 Å². The van der Waals surface area contributed by atoms with Crippen molar-refractivity contribution >= 4 is 42.7 Å². The van der Waals surface area contributed by atoms with Gasteiger partial charge in [0.15, 0.2) is 0 Å². The number of anilines is 1. The van der Waals surface area contributed by atoms with Crippen LogP contribution >= 0.6 is 15.8 Å². The molecule has 5 aromatic rings. The molecule has 0 unspecified atom stereocenters. The Morgan fingerprint density at radius 2 is 1.00 bits per heavy atom. The van der Waals surface area contributed by atoms with Crippen molar-refractivity contribution < 1.29 is 4.94 Å².